The summed E-state index contributed by atoms with van der Waals surface area (Å²) in [6, 6.07) is -0.972. The van der Waals surface area contributed by atoms with Crippen LogP contribution in [0.15, 0.2) is 0 Å². The Morgan fingerprint density at radius 1 is 0.688 bits per heavy atom. The van der Waals surface area contributed by atoms with E-state index in [1.807, 2.05) is 0 Å². The number of aliphatic carboxylic acids is 2. The molecule has 0 aliphatic carbocycles. The maximum Gasteiger partial charge on any atom is 0.405 e. The molecule has 0 bridgehead atoms. The van der Waals surface area contributed by atoms with E-state index in [0.717, 1.165) is 9.80 Å². The molecule has 2 heterocycles. The molecule has 0 spiro atoms. The smallest absolute Gasteiger partial charge is 0.405 e. The Balaban J connectivity index is 0.00000127. The summed E-state index contributed by atoms with van der Waals surface area (Å²) in [6.45, 7) is 9.32. The molecule has 2 fully saturated rings. The number of carboxylic acids is 2. The molecular formula is C29H45N5O14. The van der Waals surface area contributed by atoms with Gasteiger partial charge >= 0.3 is 30.0 Å². The number of amides is 5. The zero-order valence-corrected chi connectivity index (χ0v) is 28.1. The molecule has 19 nitrogen and oxygen atoms in total. The third-order valence-electron chi connectivity index (χ3n) is 7.47. The third kappa shape index (κ3) is 12.2. The van der Waals surface area contributed by atoms with E-state index in [0.29, 0.717) is 0 Å². The summed E-state index contributed by atoms with van der Waals surface area (Å²) in [7, 11) is 0. The number of nitrogens with zero attached hydrogens (tertiary/aromatic N) is 4. The maximum atomic E-state index is 12.6. The van der Waals surface area contributed by atoms with Crippen LogP contribution in [0.4, 0.5) is 4.79 Å². The Labute approximate surface area is 277 Å². The van der Waals surface area contributed by atoms with E-state index in [9.17, 15) is 43.2 Å². The highest BCUT2D eigenvalue weighted by Gasteiger charge is 2.40. The maximum absolute atomic E-state index is 12.6. The van der Waals surface area contributed by atoms with Gasteiger partial charge in [0.05, 0.1) is 26.2 Å². The lowest BCUT2D eigenvalue weighted by Gasteiger charge is -2.43. The molecule has 2 saturated heterocycles. The molecule has 0 radical (unpaired) electrons. The Morgan fingerprint density at radius 2 is 0.979 bits per heavy atom. The molecule has 0 aromatic rings. The van der Waals surface area contributed by atoms with Crippen LogP contribution in [0.3, 0.4) is 0 Å². The van der Waals surface area contributed by atoms with Gasteiger partial charge in [-0.25, -0.2) is 14.6 Å². The predicted molar refractivity (Wildman–Crippen MR) is 161 cm³/mol. The van der Waals surface area contributed by atoms with Gasteiger partial charge in [-0.15, -0.1) is 0 Å². The highest BCUT2D eigenvalue weighted by atomic mass is 16.6. The molecule has 5 amide bonds. The SMILES string of the molecule is CC(C)(C)OC(N)=O.CCC(C(=O)O)C(=O)OCN1C(=O)CN(C(C)C(C)N2CC(=O)N(COC(=O)C(CC)C(=O)O)C(=O)C2)CC1=O. The summed E-state index contributed by atoms with van der Waals surface area (Å²) in [5.41, 5.74) is 4.26. The van der Waals surface area contributed by atoms with Crippen LogP contribution in [0, 0.1) is 11.8 Å². The lowest BCUT2D eigenvalue weighted by Crippen LogP contribution is -2.63. The van der Waals surface area contributed by atoms with Crippen molar-refractivity contribution in [2.24, 2.45) is 17.6 Å². The zero-order chi connectivity index (χ0) is 37.1. The van der Waals surface area contributed by atoms with E-state index in [1.54, 1.807) is 44.4 Å². The van der Waals surface area contributed by atoms with E-state index < -0.39 is 96.6 Å². The molecule has 19 heteroatoms. The number of hydrogen-bond acceptors (Lipinski definition) is 14. The molecule has 0 aromatic carbocycles. The van der Waals surface area contributed by atoms with Crippen molar-refractivity contribution in [3.8, 4) is 0 Å². The Kier molecular flexibility index (Phi) is 15.6. The number of hydrogen-bond donors (Lipinski definition) is 3. The second-order valence-corrected chi connectivity index (χ2v) is 12.0. The van der Waals surface area contributed by atoms with Gasteiger partial charge in [-0.1, -0.05) is 13.8 Å². The number of rotatable bonds is 13. The number of carbonyl (C=O) groups excluding carboxylic acids is 7. The molecule has 0 saturated carbocycles. The van der Waals surface area contributed by atoms with E-state index in [4.69, 9.17) is 25.4 Å². The second kappa shape index (κ2) is 18.0. The average Bonchev–Trinajstić information content (AvgIpc) is 2.94. The Hall–Kier alpha value is -4.65. The quantitative estimate of drug-likeness (QED) is 0.0927. The number of imide groups is 2. The van der Waals surface area contributed by atoms with Crippen LogP contribution in [-0.2, 0) is 52.6 Å². The van der Waals surface area contributed by atoms with Gasteiger partial charge in [-0.05, 0) is 47.5 Å². The Bertz CT molecular complexity index is 1150. The minimum absolute atomic E-state index is 0.0201. The number of piperazine rings is 2. The van der Waals surface area contributed by atoms with E-state index in [-0.39, 0.29) is 39.0 Å². The van der Waals surface area contributed by atoms with Gasteiger partial charge in [0.15, 0.2) is 25.3 Å². The van der Waals surface area contributed by atoms with Gasteiger partial charge < -0.3 is 30.2 Å². The summed E-state index contributed by atoms with van der Waals surface area (Å²) in [4.78, 5) is 111. The first kappa shape index (κ1) is 41.4. The third-order valence-corrected chi connectivity index (χ3v) is 7.47. The molecule has 270 valence electrons. The van der Waals surface area contributed by atoms with Crippen molar-refractivity contribution >= 4 is 53.6 Å². The van der Waals surface area contributed by atoms with Crippen LogP contribution in [-0.4, -0.2) is 141 Å². The van der Waals surface area contributed by atoms with Crippen LogP contribution in [0.1, 0.15) is 61.3 Å². The van der Waals surface area contributed by atoms with Crippen LogP contribution >= 0.6 is 0 Å². The molecule has 4 N–H and O–H groups in total. The van der Waals surface area contributed by atoms with Crippen LogP contribution in [0.2, 0.25) is 0 Å². The summed E-state index contributed by atoms with van der Waals surface area (Å²) < 4.78 is 14.3. The minimum atomic E-state index is -1.41. The first-order chi connectivity index (χ1) is 22.1. The topological polar surface area (TPSA) is 261 Å². The van der Waals surface area contributed by atoms with Gasteiger partial charge in [0.25, 0.3) is 0 Å². The molecule has 2 aliphatic heterocycles. The van der Waals surface area contributed by atoms with Gasteiger partial charge in [-0.3, -0.25) is 48.2 Å². The van der Waals surface area contributed by atoms with Crippen LogP contribution in [0.5, 0.6) is 0 Å². The van der Waals surface area contributed by atoms with E-state index in [2.05, 4.69) is 4.74 Å². The average molecular weight is 688 g/mol. The summed E-state index contributed by atoms with van der Waals surface area (Å²) >= 11 is 0. The van der Waals surface area contributed by atoms with Crippen molar-refractivity contribution in [1.29, 1.82) is 0 Å². The van der Waals surface area contributed by atoms with Crippen molar-refractivity contribution in [2.75, 3.05) is 39.6 Å². The standard InChI is InChI=1S/C24H34N4O12.C5H11NO2/c1-5-15(21(33)34)23(37)39-11-27-17(29)7-25(8-18(27)30)13(3)14(4)26-9-19(31)28(20(32)10-26)12-40-24(38)16(6-2)22(35)36;1-5(2,3)8-4(6)7/h13-16H,5-12H2,1-4H3,(H,33,34)(H,35,36);1-3H3,(H2,6,7). The fourth-order valence-corrected chi connectivity index (χ4v) is 4.54. The van der Waals surface area contributed by atoms with E-state index >= 15 is 0 Å². The van der Waals surface area contributed by atoms with Crippen molar-refractivity contribution in [3.05, 3.63) is 0 Å². The fraction of sp³-hybridized carbons (Fsp3) is 0.690. The molecule has 48 heavy (non-hydrogen) atoms. The number of esters is 2. The summed E-state index contributed by atoms with van der Waals surface area (Å²) in [6.07, 6.45) is -0.765. The molecule has 2 rings (SSSR count). The molecule has 4 atom stereocenters. The minimum Gasteiger partial charge on any atom is -0.481 e. The van der Waals surface area contributed by atoms with Gasteiger partial charge in [0, 0.05) is 12.1 Å². The normalized spacial score (nSPS) is 18.6. The lowest BCUT2D eigenvalue weighted by molar-refractivity contribution is -0.173. The van der Waals surface area contributed by atoms with Crippen LogP contribution < -0.4 is 5.73 Å². The highest BCUT2D eigenvalue weighted by molar-refractivity contribution is 6.01. The number of primary amides is 1. The number of ether oxygens (including phenoxy) is 3. The monoisotopic (exact) mass is 687 g/mol. The van der Waals surface area contributed by atoms with Crippen molar-refractivity contribution in [2.45, 2.75) is 79.0 Å². The van der Waals surface area contributed by atoms with Gasteiger partial charge in [0.2, 0.25) is 23.6 Å². The number of carboxylic acid groups (broad SMARTS) is 2. The zero-order valence-electron chi connectivity index (χ0n) is 28.1. The van der Waals surface area contributed by atoms with E-state index in [1.165, 1.54) is 13.8 Å². The largest absolute Gasteiger partial charge is 0.481 e. The Morgan fingerprint density at radius 3 is 1.17 bits per heavy atom. The summed E-state index contributed by atoms with van der Waals surface area (Å²) in [5.74, 6) is -10.4. The molecule has 2 aliphatic rings. The molecule has 0 aromatic heterocycles. The fourth-order valence-electron chi connectivity index (χ4n) is 4.54. The van der Waals surface area contributed by atoms with Crippen molar-refractivity contribution < 1.29 is 67.6 Å². The van der Waals surface area contributed by atoms with Gasteiger partial charge in [-0.2, -0.15) is 0 Å². The highest BCUT2D eigenvalue weighted by Crippen LogP contribution is 2.19. The van der Waals surface area contributed by atoms with Crippen molar-refractivity contribution in [3.63, 3.8) is 0 Å². The summed E-state index contributed by atoms with van der Waals surface area (Å²) in [5, 5.41) is 18.1. The number of nitrogens with two attached hydrogens (primary N) is 1. The molecule has 4 unspecified atom stereocenters. The first-order valence-electron chi connectivity index (χ1n) is 15.1. The predicted octanol–water partition coefficient (Wildman–Crippen LogP) is -0.792. The van der Waals surface area contributed by atoms with Crippen LogP contribution in [0.25, 0.3) is 0 Å². The van der Waals surface area contributed by atoms with Crippen molar-refractivity contribution in [1.82, 2.24) is 19.6 Å². The second-order valence-electron chi connectivity index (χ2n) is 12.0. The molecular weight excluding hydrogens is 642 g/mol. The first-order valence-corrected chi connectivity index (χ1v) is 15.1. The lowest BCUT2D eigenvalue weighted by atomic mass is 10.1. The number of carbonyl (C=O) groups is 9. The van der Waals surface area contributed by atoms with Gasteiger partial charge in [0.1, 0.15) is 5.60 Å².